The van der Waals surface area contributed by atoms with Gasteiger partial charge in [-0.3, -0.25) is 0 Å². The first-order valence-corrected chi connectivity index (χ1v) is 4.68. The summed E-state index contributed by atoms with van der Waals surface area (Å²) in [5.41, 5.74) is 7.67. The van der Waals surface area contributed by atoms with Crippen molar-refractivity contribution in [3.63, 3.8) is 0 Å². The molecule has 0 heterocycles. The third-order valence-electron chi connectivity index (χ3n) is 1.95. The Morgan fingerprint density at radius 2 is 1.92 bits per heavy atom. The number of hydrogen-bond acceptors (Lipinski definition) is 2. The SMILES string of the molecule is CCOC(C)Cc1ccc(N)cc1. The number of benzene rings is 1. The van der Waals surface area contributed by atoms with E-state index in [9.17, 15) is 0 Å². The van der Waals surface area contributed by atoms with Crippen LogP contribution in [-0.4, -0.2) is 12.7 Å². The van der Waals surface area contributed by atoms with Crippen LogP contribution < -0.4 is 5.73 Å². The second-order valence-electron chi connectivity index (χ2n) is 3.21. The Morgan fingerprint density at radius 3 is 2.46 bits per heavy atom. The normalized spacial score (nSPS) is 12.8. The van der Waals surface area contributed by atoms with Gasteiger partial charge in [-0.15, -0.1) is 0 Å². The van der Waals surface area contributed by atoms with Crippen molar-refractivity contribution in [2.75, 3.05) is 12.3 Å². The maximum Gasteiger partial charge on any atom is 0.0587 e. The molecule has 1 aromatic carbocycles. The number of hydrogen-bond donors (Lipinski definition) is 1. The highest BCUT2D eigenvalue weighted by molar-refractivity contribution is 5.39. The molecule has 0 saturated carbocycles. The van der Waals surface area contributed by atoms with Gasteiger partial charge in [0.25, 0.3) is 0 Å². The molecule has 1 aromatic rings. The molecule has 72 valence electrons. The summed E-state index contributed by atoms with van der Waals surface area (Å²) in [7, 11) is 0. The van der Waals surface area contributed by atoms with Gasteiger partial charge in [0.2, 0.25) is 0 Å². The van der Waals surface area contributed by atoms with E-state index >= 15 is 0 Å². The van der Waals surface area contributed by atoms with Crippen LogP contribution in [0.25, 0.3) is 0 Å². The Morgan fingerprint density at radius 1 is 1.31 bits per heavy atom. The highest BCUT2D eigenvalue weighted by Gasteiger charge is 2.01. The fraction of sp³-hybridized carbons (Fsp3) is 0.455. The lowest BCUT2D eigenvalue weighted by molar-refractivity contribution is 0.0768. The summed E-state index contributed by atoms with van der Waals surface area (Å²) in [5, 5.41) is 0. The highest BCUT2D eigenvalue weighted by atomic mass is 16.5. The summed E-state index contributed by atoms with van der Waals surface area (Å²) in [6.07, 6.45) is 1.24. The second kappa shape index (κ2) is 4.87. The molecule has 0 aliphatic heterocycles. The van der Waals surface area contributed by atoms with Crippen molar-refractivity contribution in [1.82, 2.24) is 0 Å². The molecule has 2 nitrogen and oxygen atoms in total. The molecule has 0 saturated heterocycles. The molecule has 0 aliphatic rings. The average molecular weight is 179 g/mol. The summed E-state index contributed by atoms with van der Waals surface area (Å²) in [5.74, 6) is 0. The average Bonchev–Trinajstić information content (AvgIpc) is 2.09. The third-order valence-corrected chi connectivity index (χ3v) is 1.95. The minimum absolute atomic E-state index is 0.286. The van der Waals surface area contributed by atoms with Crippen molar-refractivity contribution in [3.8, 4) is 0 Å². The monoisotopic (exact) mass is 179 g/mol. The van der Waals surface area contributed by atoms with Crippen LogP contribution in [0.1, 0.15) is 19.4 Å². The van der Waals surface area contributed by atoms with E-state index in [0.717, 1.165) is 18.7 Å². The first kappa shape index (κ1) is 10.1. The molecule has 0 aromatic heterocycles. The van der Waals surface area contributed by atoms with E-state index in [1.165, 1.54) is 5.56 Å². The summed E-state index contributed by atoms with van der Waals surface area (Å²) >= 11 is 0. The van der Waals surface area contributed by atoms with Crippen molar-refractivity contribution in [2.24, 2.45) is 0 Å². The molecule has 0 spiro atoms. The quantitative estimate of drug-likeness (QED) is 0.719. The first-order valence-electron chi connectivity index (χ1n) is 4.68. The zero-order valence-corrected chi connectivity index (χ0v) is 8.29. The largest absolute Gasteiger partial charge is 0.399 e. The Balaban J connectivity index is 2.49. The second-order valence-corrected chi connectivity index (χ2v) is 3.21. The molecule has 1 atom stereocenters. The number of nitrogen functional groups attached to an aromatic ring is 1. The highest BCUT2D eigenvalue weighted by Crippen LogP contribution is 2.09. The molecule has 0 fully saturated rings. The Labute approximate surface area is 79.7 Å². The van der Waals surface area contributed by atoms with Crippen LogP contribution in [0.4, 0.5) is 5.69 Å². The van der Waals surface area contributed by atoms with Crippen LogP contribution in [-0.2, 0) is 11.2 Å². The van der Waals surface area contributed by atoms with Crippen LogP contribution in [0.5, 0.6) is 0 Å². The van der Waals surface area contributed by atoms with E-state index in [4.69, 9.17) is 10.5 Å². The summed E-state index contributed by atoms with van der Waals surface area (Å²) < 4.78 is 5.44. The van der Waals surface area contributed by atoms with E-state index in [-0.39, 0.29) is 6.10 Å². The zero-order valence-electron chi connectivity index (χ0n) is 8.29. The van der Waals surface area contributed by atoms with Crippen molar-refractivity contribution in [1.29, 1.82) is 0 Å². The van der Waals surface area contributed by atoms with Gasteiger partial charge in [-0.2, -0.15) is 0 Å². The standard InChI is InChI=1S/C11H17NO/c1-3-13-9(2)8-10-4-6-11(12)7-5-10/h4-7,9H,3,8,12H2,1-2H3. The summed E-state index contributed by atoms with van der Waals surface area (Å²) in [6, 6.07) is 7.94. The van der Waals surface area contributed by atoms with Gasteiger partial charge in [0.05, 0.1) is 6.10 Å². The molecule has 2 heteroatoms. The van der Waals surface area contributed by atoms with Gasteiger partial charge in [-0.25, -0.2) is 0 Å². The number of rotatable bonds is 4. The van der Waals surface area contributed by atoms with Crippen molar-refractivity contribution < 1.29 is 4.74 Å². The number of anilines is 1. The fourth-order valence-corrected chi connectivity index (χ4v) is 1.33. The summed E-state index contributed by atoms with van der Waals surface area (Å²) in [6.45, 7) is 4.87. The van der Waals surface area contributed by atoms with Crippen LogP contribution in [0.3, 0.4) is 0 Å². The Hall–Kier alpha value is -1.02. The lowest BCUT2D eigenvalue weighted by atomic mass is 10.1. The van der Waals surface area contributed by atoms with Crippen molar-refractivity contribution in [2.45, 2.75) is 26.4 Å². The van der Waals surface area contributed by atoms with Gasteiger partial charge in [0.1, 0.15) is 0 Å². The van der Waals surface area contributed by atoms with Gasteiger partial charge >= 0.3 is 0 Å². The maximum absolute atomic E-state index is 5.58. The smallest absolute Gasteiger partial charge is 0.0587 e. The van der Waals surface area contributed by atoms with Gasteiger partial charge in [-0.05, 0) is 38.0 Å². The molecule has 2 N–H and O–H groups in total. The van der Waals surface area contributed by atoms with Gasteiger partial charge in [-0.1, -0.05) is 12.1 Å². The van der Waals surface area contributed by atoms with Crippen molar-refractivity contribution in [3.05, 3.63) is 29.8 Å². The Kier molecular flexibility index (Phi) is 3.77. The minimum atomic E-state index is 0.286. The zero-order chi connectivity index (χ0) is 9.68. The first-order chi connectivity index (χ1) is 6.22. The molecular weight excluding hydrogens is 162 g/mol. The lowest BCUT2D eigenvalue weighted by Gasteiger charge is -2.11. The topological polar surface area (TPSA) is 35.2 Å². The molecule has 13 heavy (non-hydrogen) atoms. The lowest BCUT2D eigenvalue weighted by Crippen LogP contribution is -2.11. The number of nitrogens with two attached hydrogens (primary N) is 1. The predicted molar refractivity (Wildman–Crippen MR) is 55.6 cm³/mol. The molecular formula is C11H17NO. The summed E-state index contributed by atoms with van der Waals surface area (Å²) in [4.78, 5) is 0. The predicted octanol–water partition coefficient (Wildman–Crippen LogP) is 2.24. The molecule has 0 aliphatic carbocycles. The van der Waals surface area contributed by atoms with Crippen LogP contribution in [0.2, 0.25) is 0 Å². The van der Waals surface area contributed by atoms with Gasteiger partial charge in [0, 0.05) is 12.3 Å². The third kappa shape index (κ3) is 3.47. The van der Waals surface area contributed by atoms with E-state index < -0.39 is 0 Å². The Bertz CT molecular complexity index is 243. The van der Waals surface area contributed by atoms with Crippen LogP contribution in [0, 0.1) is 0 Å². The van der Waals surface area contributed by atoms with Crippen LogP contribution in [0.15, 0.2) is 24.3 Å². The fourth-order valence-electron chi connectivity index (χ4n) is 1.33. The van der Waals surface area contributed by atoms with E-state index in [1.807, 2.05) is 31.2 Å². The molecule has 0 radical (unpaired) electrons. The van der Waals surface area contributed by atoms with Gasteiger partial charge < -0.3 is 10.5 Å². The van der Waals surface area contributed by atoms with Crippen LogP contribution >= 0.6 is 0 Å². The van der Waals surface area contributed by atoms with E-state index in [0.29, 0.717) is 0 Å². The number of ether oxygens (including phenoxy) is 1. The minimum Gasteiger partial charge on any atom is -0.399 e. The van der Waals surface area contributed by atoms with Gasteiger partial charge in [0.15, 0.2) is 0 Å². The molecule has 1 rings (SSSR count). The van der Waals surface area contributed by atoms with E-state index in [2.05, 4.69) is 6.92 Å². The molecule has 0 amide bonds. The van der Waals surface area contributed by atoms with E-state index in [1.54, 1.807) is 0 Å². The molecule has 0 bridgehead atoms. The van der Waals surface area contributed by atoms with Crippen molar-refractivity contribution >= 4 is 5.69 Å². The maximum atomic E-state index is 5.58. The molecule has 1 unspecified atom stereocenters.